The van der Waals surface area contributed by atoms with Crippen molar-refractivity contribution in [2.24, 2.45) is 0 Å². The first-order valence-corrected chi connectivity index (χ1v) is 9.93. The highest BCUT2D eigenvalue weighted by molar-refractivity contribution is 5.58. The van der Waals surface area contributed by atoms with Crippen molar-refractivity contribution in [1.29, 1.82) is 0 Å². The summed E-state index contributed by atoms with van der Waals surface area (Å²) in [6.45, 7) is -3.21. The molecule has 1 N–H and O–H groups in total. The molecule has 1 aromatic rings. The van der Waals surface area contributed by atoms with Gasteiger partial charge in [0.1, 0.15) is 5.75 Å². The monoisotopic (exact) mass is 613 g/mol. The normalized spacial score (nSPS) is 14.9. The Morgan fingerprint density at radius 2 is 1.03 bits per heavy atom. The third-order valence-corrected chi connectivity index (χ3v) is 5.28. The molecule has 0 aliphatic heterocycles. The molecule has 0 amide bonds. The second-order valence-electron chi connectivity index (χ2n) is 7.78. The molecule has 228 valence electrons. The smallest absolute Gasteiger partial charge is 0.460 e. The van der Waals surface area contributed by atoms with E-state index in [4.69, 9.17) is 9.84 Å². The van der Waals surface area contributed by atoms with Crippen molar-refractivity contribution in [2.45, 2.75) is 54.1 Å². The van der Waals surface area contributed by atoms with Crippen LogP contribution in [0.15, 0.2) is 24.3 Å². The van der Waals surface area contributed by atoms with Gasteiger partial charge in [0.2, 0.25) is 0 Å². The fraction of sp³-hybridized carbons (Fsp3) is 0.684. The average molecular weight is 613 g/mol. The number of rotatable bonds is 13. The fourth-order valence-electron chi connectivity index (χ4n) is 2.99. The largest absolute Gasteiger partial charge is 0.495 e. The van der Waals surface area contributed by atoms with E-state index in [2.05, 4.69) is 0 Å². The molecule has 20 heteroatoms. The lowest BCUT2D eigenvalue weighted by molar-refractivity contribution is -0.461. The number of anilines is 1. The molecule has 3 nitrogen and oxygen atoms in total. The Labute approximate surface area is 207 Å². The van der Waals surface area contributed by atoms with Crippen molar-refractivity contribution in [1.82, 2.24) is 0 Å². The summed E-state index contributed by atoms with van der Waals surface area (Å²) in [7, 11) is 1.01. The zero-order valence-electron chi connectivity index (χ0n) is 18.9. The number of alkyl halides is 17. The van der Waals surface area contributed by atoms with Gasteiger partial charge in [-0.05, 0) is 12.1 Å². The fourth-order valence-corrected chi connectivity index (χ4v) is 2.99. The summed E-state index contributed by atoms with van der Waals surface area (Å²) in [6.07, 6.45) is -10.4. The van der Waals surface area contributed by atoms with E-state index in [0.717, 1.165) is 19.2 Å². The Kier molecular flexibility index (Phi) is 9.35. The molecule has 0 fully saturated rings. The molecule has 0 spiro atoms. The van der Waals surface area contributed by atoms with Crippen LogP contribution in [-0.4, -0.2) is 79.5 Å². The first-order valence-electron chi connectivity index (χ1n) is 9.93. The number of hydrogen-bond donors (Lipinski definition) is 1. The van der Waals surface area contributed by atoms with Gasteiger partial charge in [-0.1, -0.05) is 12.1 Å². The lowest BCUT2D eigenvalue weighted by atomic mass is 9.88. The van der Waals surface area contributed by atoms with Crippen LogP contribution in [0, 0.1) is 0 Å². The standard InChI is InChI=1S/C19H16F17NO2/c1-39-11-5-3-2-4-10(11)37(8-9-38)7-6-12(20,21)13(22,23)14(24,25)15(26,27)16(28,29)17(30,31)18(32,33)19(34,35)36/h2-5,38H,6-9H2,1H3. The number of hydrogen-bond acceptors (Lipinski definition) is 3. The van der Waals surface area contributed by atoms with E-state index >= 15 is 0 Å². The first-order chi connectivity index (χ1) is 17.2. The Hall–Kier alpha value is -2.41. The molecule has 0 aliphatic rings. The highest BCUT2D eigenvalue weighted by atomic mass is 19.4. The molecule has 0 heterocycles. The minimum Gasteiger partial charge on any atom is -0.495 e. The van der Waals surface area contributed by atoms with Crippen molar-refractivity contribution in [3.63, 3.8) is 0 Å². The van der Waals surface area contributed by atoms with Crippen molar-refractivity contribution < 1.29 is 84.5 Å². The molecule has 0 aliphatic carbocycles. The van der Waals surface area contributed by atoms with Crippen LogP contribution in [0.1, 0.15) is 6.42 Å². The van der Waals surface area contributed by atoms with E-state index in [1.807, 2.05) is 0 Å². The minimum atomic E-state index is -8.66. The number of aliphatic hydroxyl groups excluding tert-OH is 1. The summed E-state index contributed by atoms with van der Waals surface area (Å²) in [5, 5.41) is 9.04. The third-order valence-electron chi connectivity index (χ3n) is 5.28. The zero-order chi connectivity index (χ0) is 31.1. The Bertz CT molecular complexity index is 977. The predicted octanol–water partition coefficient (Wildman–Crippen LogP) is 6.89. The number of nitrogens with zero attached hydrogens (tertiary/aromatic N) is 1. The zero-order valence-corrected chi connectivity index (χ0v) is 18.9. The van der Waals surface area contributed by atoms with E-state index < -0.39 is 73.8 Å². The van der Waals surface area contributed by atoms with Crippen LogP contribution in [0.2, 0.25) is 0 Å². The van der Waals surface area contributed by atoms with E-state index in [0.29, 0.717) is 4.90 Å². The number of para-hydroxylation sites is 2. The molecule has 0 saturated heterocycles. The van der Waals surface area contributed by atoms with Crippen LogP contribution in [0.5, 0.6) is 5.75 Å². The first kappa shape index (κ1) is 34.6. The molecule has 39 heavy (non-hydrogen) atoms. The maximum absolute atomic E-state index is 14.2. The summed E-state index contributed by atoms with van der Waals surface area (Å²) in [5.41, 5.74) is -0.272. The molecule has 0 aromatic heterocycles. The van der Waals surface area contributed by atoms with E-state index in [1.54, 1.807) is 0 Å². The number of methoxy groups -OCH3 is 1. The minimum absolute atomic E-state index is 0.189. The van der Waals surface area contributed by atoms with Gasteiger partial charge in [-0.3, -0.25) is 0 Å². The summed E-state index contributed by atoms with van der Waals surface area (Å²) < 4.78 is 232. The maximum atomic E-state index is 14.2. The summed E-state index contributed by atoms with van der Waals surface area (Å²) in [5.74, 6) is -56.8. The number of halogens is 17. The van der Waals surface area contributed by atoms with E-state index in [-0.39, 0.29) is 11.4 Å². The quantitative estimate of drug-likeness (QED) is 0.246. The molecular formula is C19H16F17NO2. The van der Waals surface area contributed by atoms with Gasteiger partial charge >= 0.3 is 47.6 Å². The average Bonchev–Trinajstić information content (AvgIpc) is 2.80. The van der Waals surface area contributed by atoms with Gasteiger partial charge in [-0.25, -0.2) is 0 Å². The highest BCUT2D eigenvalue weighted by Gasteiger charge is 2.95. The van der Waals surface area contributed by atoms with Crippen molar-refractivity contribution >= 4 is 5.69 Å². The Morgan fingerprint density at radius 3 is 1.44 bits per heavy atom. The van der Waals surface area contributed by atoms with Crippen LogP contribution in [0.3, 0.4) is 0 Å². The topological polar surface area (TPSA) is 32.7 Å². The summed E-state index contributed by atoms with van der Waals surface area (Å²) >= 11 is 0. The number of benzene rings is 1. The second-order valence-corrected chi connectivity index (χ2v) is 7.78. The van der Waals surface area contributed by atoms with Gasteiger partial charge in [0.25, 0.3) is 0 Å². The molecule has 0 saturated carbocycles. The SMILES string of the molecule is COc1ccccc1N(CCO)CCC(F)(F)C(F)(F)C(F)(F)C(F)(F)C(F)(F)C(F)(F)C(F)(F)C(F)(F)F. The third kappa shape index (κ3) is 5.36. The lowest BCUT2D eigenvalue weighted by Crippen LogP contribution is -2.74. The van der Waals surface area contributed by atoms with Crippen LogP contribution in [0.25, 0.3) is 0 Å². The molecule has 0 bridgehead atoms. The Morgan fingerprint density at radius 1 is 0.615 bits per heavy atom. The molecule has 1 aromatic carbocycles. The van der Waals surface area contributed by atoms with Gasteiger partial charge in [-0.15, -0.1) is 0 Å². The maximum Gasteiger partial charge on any atom is 0.460 e. The van der Waals surface area contributed by atoms with Gasteiger partial charge < -0.3 is 14.7 Å². The van der Waals surface area contributed by atoms with Gasteiger partial charge in [0.05, 0.1) is 19.4 Å². The van der Waals surface area contributed by atoms with Gasteiger partial charge in [0.15, 0.2) is 0 Å². The van der Waals surface area contributed by atoms with Gasteiger partial charge in [0, 0.05) is 19.5 Å². The molecular weight excluding hydrogens is 597 g/mol. The van der Waals surface area contributed by atoms with Gasteiger partial charge in [-0.2, -0.15) is 74.6 Å². The summed E-state index contributed by atoms with van der Waals surface area (Å²) in [6, 6.07) is 4.70. The highest BCUT2D eigenvalue weighted by Crippen LogP contribution is 2.64. The predicted molar refractivity (Wildman–Crippen MR) is 97.6 cm³/mol. The van der Waals surface area contributed by atoms with Crippen molar-refractivity contribution in [2.75, 3.05) is 31.7 Å². The lowest BCUT2D eigenvalue weighted by Gasteiger charge is -2.43. The summed E-state index contributed by atoms with van der Waals surface area (Å²) in [4.78, 5) is 0.547. The van der Waals surface area contributed by atoms with Crippen LogP contribution in [0.4, 0.5) is 80.3 Å². The van der Waals surface area contributed by atoms with Crippen LogP contribution in [-0.2, 0) is 0 Å². The number of ether oxygens (including phenoxy) is 1. The second kappa shape index (κ2) is 10.5. The van der Waals surface area contributed by atoms with E-state index in [1.165, 1.54) is 12.1 Å². The van der Waals surface area contributed by atoms with Crippen molar-refractivity contribution in [3.8, 4) is 5.75 Å². The molecule has 0 unspecified atom stereocenters. The van der Waals surface area contributed by atoms with Crippen molar-refractivity contribution in [3.05, 3.63) is 24.3 Å². The molecule has 0 atom stereocenters. The Balaban J connectivity index is 3.49. The molecule has 1 rings (SSSR count). The van der Waals surface area contributed by atoms with E-state index in [9.17, 15) is 74.6 Å². The van der Waals surface area contributed by atoms with Crippen LogP contribution < -0.4 is 9.64 Å². The molecule has 0 radical (unpaired) electrons. The van der Waals surface area contributed by atoms with Crippen LogP contribution >= 0.6 is 0 Å². The number of aliphatic hydroxyl groups is 1.